The van der Waals surface area contributed by atoms with Crippen molar-refractivity contribution in [2.75, 3.05) is 27.1 Å². The smallest absolute Gasteiger partial charge is 0.000473 e. The predicted octanol–water partition coefficient (Wildman–Crippen LogP) is 12.9. The van der Waals surface area contributed by atoms with Crippen molar-refractivity contribution in [1.82, 2.24) is 0 Å². The van der Waals surface area contributed by atoms with Crippen LogP contribution in [0.3, 0.4) is 0 Å². The molecular weight excluding hydrogens is 1040 g/mol. The first kappa shape index (κ1) is 46.7. The molecule has 0 aromatic rings. The van der Waals surface area contributed by atoms with Gasteiger partial charge in [0.2, 0.25) is 0 Å². The third kappa shape index (κ3) is 111. The van der Waals surface area contributed by atoms with Gasteiger partial charge in [-0.15, -0.1) is 0 Å². The van der Waals surface area contributed by atoms with Gasteiger partial charge in [-0.3, -0.25) is 0 Å². The Balaban J connectivity index is -0.0000000561. The Labute approximate surface area is 269 Å². The Kier molecular flexibility index (Phi) is 112. The van der Waals surface area contributed by atoms with Gasteiger partial charge in [-0.1, -0.05) is 215 Å². The second-order valence-electron chi connectivity index (χ2n) is 5.92. The van der Waals surface area contributed by atoms with Gasteiger partial charge in [-0.25, -0.2) is 0 Å². The van der Waals surface area contributed by atoms with Gasteiger partial charge < -0.3 is 0 Å². The van der Waals surface area contributed by atoms with Crippen LogP contribution < -0.4 is 0 Å². The highest BCUT2D eigenvalue weighted by Gasteiger charge is 1.77. The molecule has 0 saturated carbocycles. The quantitative estimate of drug-likeness (QED) is 0.104. The molecule has 0 radical (unpaired) electrons. The molecule has 0 aromatic heterocycles. The maximum absolute atomic E-state index is 2.41. The fourth-order valence-electron chi connectivity index (χ4n) is 1.17. The molecule has 0 rings (SSSR count). The zero-order chi connectivity index (χ0) is 24.0. The Morgan fingerprint density at radius 1 is 0.310 bits per heavy atom. The fourth-order valence-corrected chi connectivity index (χ4v) is 3.55. The van der Waals surface area contributed by atoms with Gasteiger partial charge in [-0.05, 0) is 59.2 Å². The van der Waals surface area contributed by atoms with E-state index >= 15 is 0 Å². The Bertz CT molecular complexity index is 125. The molecule has 186 valence electrons. The molecule has 0 bridgehead atoms. The minimum atomic E-state index is 1.29. The number of hydrogen-bond donors (Lipinski definition) is 0. The summed E-state index contributed by atoms with van der Waals surface area (Å²) in [5, 5.41) is 0. The minimum Gasteiger partial charge on any atom is -0.0901 e. The summed E-state index contributed by atoms with van der Waals surface area (Å²) < 4.78 is 6.58. The summed E-state index contributed by atoms with van der Waals surface area (Å²) in [5.41, 5.74) is 0. The molecule has 0 aromatic carbocycles. The van der Waals surface area contributed by atoms with E-state index < -0.39 is 0 Å². The number of halogens is 6. The number of rotatable bonds is 12. The van der Waals surface area contributed by atoms with E-state index in [-0.39, 0.29) is 0 Å². The first-order chi connectivity index (χ1) is 14.1. The van der Waals surface area contributed by atoms with Gasteiger partial charge >= 0.3 is 0 Å². The van der Waals surface area contributed by atoms with Crippen LogP contribution in [-0.2, 0) is 0 Å². The molecule has 29 heavy (non-hydrogen) atoms. The first-order valence-corrected chi connectivity index (χ1v) is 21.0. The molecule has 0 fully saturated rings. The second kappa shape index (κ2) is 69.8. The summed E-state index contributed by atoms with van der Waals surface area (Å²) in [6.07, 6.45) is 16.5. The van der Waals surface area contributed by atoms with Gasteiger partial charge in [-0.2, -0.15) is 0 Å². The predicted molar refractivity (Wildman–Crippen MR) is 198 cm³/mol. The number of hydrogen-bond acceptors (Lipinski definition) is 0. The average molecular weight is 1090 g/mol. The Hall–Kier alpha value is 4.38. The SMILES string of the molecule is CCCCCI.CCCCCI.CCCCCI.CCCCI.CCCI.CI. The molecule has 0 heterocycles. The van der Waals surface area contributed by atoms with Crippen LogP contribution in [0.2, 0.25) is 0 Å². The summed E-state index contributed by atoms with van der Waals surface area (Å²) in [5.74, 6) is 0. The lowest BCUT2D eigenvalue weighted by Crippen LogP contribution is -1.70. The maximum atomic E-state index is 2.41. The average Bonchev–Trinajstić information content (AvgIpc) is 2.78. The van der Waals surface area contributed by atoms with Gasteiger partial charge in [0.1, 0.15) is 0 Å². The maximum Gasteiger partial charge on any atom is -0.000473 e. The molecule has 0 unspecified atom stereocenters. The molecule has 0 amide bonds. The van der Waals surface area contributed by atoms with E-state index in [1.807, 2.05) is 4.93 Å². The van der Waals surface area contributed by atoms with E-state index in [2.05, 4.69) is 170 Å². The van der Waals surface area contributed by atoms with Crippen molar-refractivity contribution >= 4 is 136 Å². The van der Waals surface area contributed by atoms with E-state index in [1.54, 1.807) is 0 Å². The van der Waals surface area contributed by atoms with Crippen molar-refractivity contribution in [1.29, 1.82) is 0 Å². The van der Waals surface area contributed by atoms with E-state index in [0.29, 0.717) is 0 Å². The highest BCUT2D eigenvalue weighted by atomic mass is 127. The zero-order valence-electron chi connectivity index (χ0n) is 20.3. The molecule has 0 aliphatic heterocycles. The van der Waals surface area contributed by atoms with Crippen LogP contribution in [0.25, 0.3) is 0 Å². The van der Waals surface area contributed by atoms with Crippen LogP contribution in [0, 0.1) is 0 Å². The molecule has 0 N–H and O–H groups in total. The highest BCUT2D eigenvalue weighted by molar-refractivity contribution is 14.1. The van der Waals surface area contributed by atoms with E-state index in [9.17, 15) is 0 Å². The summed E-state index contributed by atoms with van der Waals surface area (Å²) in [7, 11) is 0. The Morgan fingerprint density at radius 2 is 0.517 bits per heavy atom. The van der Waals surface area contributed by atoms with Crippen LogP contribution in [-0.4, -0.2) is 27.1 Å². The highest BCUT2D eigenvalue weighted by Crippen LogP contribution is 1.97. The fraction of sp³-hybridized carbons (Fsp3) is 1.00. The molecular formula is C23H52I6. The Morgan fingerprint density at radius 3 is 0.552 bits per heavy atom. The molecule has 0 aliphatic carbocycles. The van der Waals surface area contributed by atoms with E-state index in [4.69, 9.17) is 0 Å². The summed E-state index contributed by atoms with van der Waals surface area (Å²) in [4.78, 5) is 1.97. The minimum absolute atomic E-state index is 1.29. The third-order valence-corrected chi connectivity index (χ3v) is 7.02. The van der Waals surface area contributed by atoms with Crippen molar-refractivity contribution in [3.8, 4) is 0 Å². The lowest BCUT2D eigenvalue weighted by atomic mass is 10.3. The lowest BCUT2D eigenvalue weighted by molar-refractivity contribution is 0.785. The van der Waals surface area contributed by atoms with Crippen molar-refractivity contribution in [2.24, 2.45) is 0 Å². The van der Waals surface area contributed by atoms with Gasteiger partial charge in [0.15, 0.2) is 0 Å². The topological polar surface area (TPSA) is 0 Å². The summed E-state index contributed by atoms with van der Waals surface area (Å²) in [6, 6.07) is 0. The van der Waals surface area contributed by atoms with Crippen LogP contribution in [0.1, 0.15) is 112 Å². The van der Waals surface area contributed by atoms with E-state index in [0.717, 1.165) is 0 Å². The van der Waals surface area contributed by atoms with Crippen molar-refractivity contribution in [3.05, 3.63) is 0 Å². The molecule has 0 nitrogen and oxygen atoms in total. The molecule has 0 saturated heterocycles. The molecule has 0 atom stereocenters. The van der Waals surface area contributed by atoms with Crippen LogP contribution in [0.15, 0.2) is 0 Å². The molecule has 0 aliphatic rings. The van der Waals surface area contributed by atoms with Crippen molar-refractivity contribution in [2.45, 2.75) is 112 Å². The normalized spacial score (nSPS) is 8.28. The summed E-state index contributed by atoms with van der Waals surface area (Å²) >= 11 is 14.1. The number of alkyl halides is 6. The van der Waals surface area contributed by atoms with Crippen LogP contribution in [0.4, 0.5) is 0 Å². The first-order valence-electron chi connectivity index (χ1n) is 11.2. The van der Waals surface area contributed by atoms with Gasteiger partial charge in [0.05, 0.1) is 0 Å². The molecule has 0 spiro atoms. The van der Waals surface area contributed by atoms with Crippen LogP contribution >= 0.6 is 136 Å². The zero-order valence-corrected chi connectivity index (χ0v) is 33.2. The largest absolute Gasteiger partial charge is 0.0901 e. The van der Waals surface area contributed by atoms with Gasteiger partial charge in [0.25, 0.3) is 0 Å². The standard InChI is InChI=1S/3C5H11I.C4H9I.C3H7I.CH3I/c3*1-2-3-4-5-6;1-2-3-4-5;1-2-3-4;1-2/h3*2-5H2,1H3;2-4H2,1H3;2-3H2,1H3;1H3. The summed E-state index contributed by atoms with van der Waals surface area (Å²) in [6.45, 7) is 11.1. The lowest BCUT2D eigenvalue weighted by Gasteiger charge is -1.85. The second-order valence-corrected chi connectivity index (χ2v) is 11.3. The van der Waals surface area contributed by atoms with Crippen molar-refractivity contribution < 1.29 is 0 Å². The molecule has 6 heteroatoms. The van der Waals surface area contributed by atoms with Crippen molar-refractivity contribution in [3.63, 3.8) is 0 Å². The monoisotopic (exact) mass is 1090 g/mol. The van der Waals surface area contributed by atoms with Gasteiger partial charge in [0, 0.05) is 0 Å². The number of unbranched alkanes of at least 4 members (excludes halogenated alkanes) is 7. The van der Waals surface area contributed by atoms with E-state index in [1.165, 1.54) is 99.2 Å². The van der Waals surface area contributed by atoms with Crippen LogP contribution in [0.5, 0.6) is 0 Å². The third-order valence-electron chi connectivity index (χ3n) is 2.89.